The van der Waals surface area contributed by atoms with Crippen molar-refractivity contribution in [3.05, 3.63) is 36.4 Å². The van der Waals surface area contributed by atoms with Gasteiger partial charge in [0.2, 0.25) is 12.7 Å². The van der Waals surface area contributed by atoms with Crippen LogP contribution in [0, 0.1) is 0 Å². The van der Waals surface area contributed by atoms with Crippen molar-refractivity contribution in [1.82, 2.24) is 4.90 Å². The molecule has 1 heterocycles. The molecule has 0 saturated heterocycles. The van der Waals surface area contributed by atoms with Crippen molar-refractivity contribution in [3.8, 4) is 11.5 Å². The van der Waals surface area contributed by atoms with Crippen molar-refractivity contribution < 1.29 is 14.3 Å². The lowest BCUT2D eigenvalue weighted by Gasteiger charge is -2.15. The first kappa shape index (κ1) is 10.5. The Morgan fingerprint density at radius 2 is 2.25 bits per heavy atom. The summed E-state index contributed by atoms with van der Waals surface area (Å²) in [6.45, 7) is 4.24. The molecule has 1 aromatic carbocycles. The Morgan fingerprint density at radius 1 is 1.50 bits per heavy atom. The monoisotopic (exact) mass is 219 g/mol. The third-order valence-electron chi connectivity index (χ3n) is 2.41. The molecule has 1 aromatic rings. The van der Waals surface area contributed by atoms with Gasteiger partial charge in [-0.05, 0) is 23.8 Å². The highest BCUT2D eigenvalue weighted by atomic mass is 16.7. The molecule has 0 atom stereocenters. The maximum Gasteiger partial charge on any atom is 0.245 e. The number of rotatable bonds is 3. The Hall–Kier alpha value is -1.97. The summed E-state index contributed by atoms with van der Waals surface area (Å²) in [7, 11) is 1.73. The SMILES string of the molecule is C=CC(=O)N(C)Cc1ccc2c(c1)OCO2. The highest BCUT2D eigenvalue weighted by Crippen LogP contribution is 2.32. The molecule has 0 radical (unpaired) electrons. The number of fused-ring (bicyclic) bond motifs is 1. The highest BCUT2D eigenvalue weighted by Gasteiger charge is 2.14. The second-order valence-electron chi connectivity index (χ2n) is 3.59. The van der Waals surface area contributed by atoms with Crippen LogP contribution in [-0.2, 0) is 11.3 Å². The zero-order valence-corrected chi connectivity index (χ0v) is 9.10. The van der Waals surface area contributed by atoms with Gasteiger partial charge in [-0.2, -0.15) is 0 Å². The minimum absolute atomic E-state index is 0.0994. The summed E-state index contributed by atoms with van der Waals surface area (Å²) < 4.78 is 10.5. The first-order chi connectivity index (χ1) is 7.70. The van der Waals surface area contributed by atoms with Crippen LogP contribution in [0.1, 0.15) is 5.56 Å². The summed E-state index contributed by atoms with van der Waals surface area (Å²) >= 11 is 0. The maximum absolute atomic E-state index is 11.3. The van der Waals surface area contributed by atoms with Gasteiger partial charge in [-0.15, -0.1) is 0 Å². The van der Waals surface area contributed by atoms with Gasteiger partial charge in [0.15, 0.2) is 11.5 Å². The molecule has 4 nitrogen and oxygen atoms in total. The molecule has 0 aliphatic carbocycles. The minimum atomic E-state index is -0.0994. The van der Waals surface area contributed by atoms with Crippen molar-refractivity contribution in [1.29, 1.82) is 0 Å². The van der Waals surface area contributed by atoms with Gasteiger partial charge >= 0.3 is 0 Å². The number of carbonyl (C=O) groups excluding carboxylic acids is 1. The van der Waals surface area contributed by atoms with Crippen molar-refractivity contribution in [3.63, 3.8) is 0 Å². The van der Waals surface area contributed by atoms with Crippen LogP contribution in [0.5, 0.6) is 11.5 Å². The van der Waals surface area contributed by atoms with E-state index in [0.717, 1.165) is 17.1 Å². The van der Waals surface area contributed by atoms with E-state index in [1.165, 1.54) is 6.08 Å². The predicted octanol–water partition coefficient (Wildman–Crippen LogP) is 1.56. The van der Waals surface area contributed by atoms with Crippen molar-refractivity contribution in [2.45, 2.75) is 6.54 Å². The van der Waals surface area contributed by atoms with Crippen molar-refractivity contribution in [2.75, 3.05) is 13.8 Å². The van der Waals surface area contributed by atoms with Crippen LogP contribution >= 0.6 is 0 Å². The van der Waals surface area contributed by atoms with Gasteiger partial charge in [-0.3, -0.25) is 4.79 Å². The lowest BCUT2D eigenvalue weighted by Crippen LogP contribution is -2.23. The molecular weight excluding hydrogens is 206 g/mol. The Morgan fingerprint density at radius 3 is 3.00 bits per heavy atom. The molecule has 0 bridgehead atoms. The molecule has 0 N–H and O–H groups in total. The Balaban J connectivity index is 2.10. The normalized spacial score (nSPS) is 12.3. The standard InChI is InChI=1S/C12H13NO3/c1-3-12(14)13(2)7-9-4-5-10-11(6-9)16-8-15-10/h3-6H,1,7-8H2,2H3. The molecule has 4 heteroatoms. The largest absolute Gasteiger partial charge is 0.454 e. The molecule has 1 aliphatic rings. The predicted molar refractivity (Wildman–Crippen MR) is 59.2 cm³/mol. The summed E-state index contributed by atoms with van der Waals surface area (Å²) in [6.07, 6.45) is 1.30. The fourth-order valence-corrected chi connectivity index (χ4v) is 1.55. The third kappa shape index (κ3) is 2.00. The molecule has 1 amide bonds. The van der Waals surface area contributed by atoms with Crippen LogP contribution in [-0.4, -0.2) is 24.6 Å². The molecule has 1 aliphatic heterocycles. The van der Waals surface area contributed by atoms with E-state index in [1.807, 2.05) is 18.2 Å². The van der Waals surface area contributed by atoms with Crippen LogP contribution in [0.15, 0.2) is 30.9 Å². The van der Waals surface area contributed by atoms with Gasteiger partial charge in [0.1, 0.15) is 0 Å². The van der Waals surface area contributed by atoms with Gasteiger partial charge in [0.25, 0.3) is 0 Å². The second kappa shape index (κ2) is 4.26. The van der Waals surface area contributed by atoms with E-state index in [4.69, 9.17) is 9.47 Å². The zero-order chi connectivity index (χ0) is 11.5. The van der Waals surface area contributed by atoms with Crippen LogP contribution in [0.25, 0.3) is 0 Å². The van der Waals surface area contributed by atoms with E-state index in [-0.39, 0.29) is 12.7 Å². The number of likely N-dealkylation sites (N-methyl/N-ethyl adjacent to an activating group) is 1. The van der Waals surface area contributed by atoms with E-state index < -0.39 is 0 Å². The molecule has 0 saturated carbocycles. The summed E-state index contributed by atoms with van der Waals surface area (Å²) in [5, 5.41) is 0. The Kier molecular flexibility index (Phi) is 2.81. The lowest BCUT2D eigenvalue weighted by atomic mass is 10.2. The summed E-state index contributed by atoms with van der Waals surface area (Å²) in [6, 6.07) is 5.65. The second-order valence-corrected chi connectivity index (χ2v) is 3.59. The van der Waals surface area contributed by atoms with Crippen molar-refractivity contribution >= 4 is 5.91 Å². The van der Waals surface area contributed by atoms with E-state index in [1.54, 1.807) is 11.9 Å². The first-order valence-electron chi connectivity index (χ1n) is 4.97. The number of ether oxygens (including phenoxy) is 2. The molecule has 2 rings (SSSR count). The molecule has 16 heavy (non-hydrogen) atoms. The number of nitrogens with zero attached hydrogens (tertiary/aromatic N) is 1. The number of hydrogen-bond acceptors (Lipinski definition) is 3. The van der Waals surface area contributed by atoms with Gasteiger partial charge < -0.3 is 14.4 Å². The smallest absolute Gasteiger partial charge is 0.245 e. The Bertz CT molecular complexity index is 428. The number of amides is 1. The third-order valence-corrected chi connectivity index (χ3v) is 2.41. The molecule has 0 fully saturated rings. The zero-order valence-electron chi connectivity index (χ0n) is 9.10. The van der Waals surface area contributed by atoms with Crippen LogP contribution < -0.4 is 9.47 Å². The average Bonchev–Trinajstić information content (AvgIpc) is 2.75. The van der Waals surface area contributed by atoms with Gasteiger partial charge in [-0.1, -0.05) is 12.6 Å². The van der Waals surface area contributed by atoms with E-state index >= 15 is 0 Å². The van der Waals surface area contributed by atoms with Crippen LogP contribution in [0.2, 0.25) is 0 Å². The summed E-state index contributed by atoms with van der Waals surface area (Å²) in [5.74, 6) is 1.39. The van der Waals surface area contributed by atoms with Gasteiger partial charge in [0.05, 0.1) is 0 Å². The quantitative estimate of drug-likeness (QED) is 0.724. The molecule has 0 aromatic heterocycles. The van der Waals surface area contributed by atoms with Crippen LogP contribution in [0.4, 0.5) is 0 Å². The Labute approximate surface area is 94.1 Å². The number of benzene rings is 1. The maximum atomic E-state index is 11.3. The van der Waals surface area contributed by atoms with E-state index in [2.05, 4.69) is 6.58 Å². The van der Waals surface area contributed by atoms with Crippen LogP contribution in [0.3, 0.4) is 0 Å². The minimum Gasteiger partial charge on any atom is -0.454 e. The summed E-state index contributed by atoms with van der Waals surface area (Å²) in [5.41, 5.74) is 1.00. The molecule has 84 valence electrons. The summed E-state index contributed by atoms with van der Waals surface area (Å²) in [4.78, 5) is 12.9. The van der Waals surface area contributed by atoms with Crippen molar-refractivity contribution in [2.24, 2.45) is 0 Å². The molecule has 0 unspecified atom stereocenters. The van der Waals surface area contributed by atoms with E-state index in [9.17, 15) is 4.79 Å². The first-order valence-corrected chi connectivity index (χ1v) is 4.97. The number of carbonyl (C=O) groups is 1. The number of hydrogen-bond donors (Lipinski definition) is 0. The fraction of sp³-hybridized carbons (Fsp3) is 0.250. The average molecular weight is 219 g/mol. The van der Waals surface area contributed by atoms with E-state index in [0.29, 0.717) is 6.54 Å². The van der Waals surface area contributed by atoms with Gasteiger partial charge in [-0.25, -0.2) is 0 Å². The topological polar surface area (TPSA) is 38.8 Å². The fourth-order valence-electron chi connectivity index (χ4n) is 1.55. The van der Waals surface area contributed by atoms with Gasteiger partial charge in [0, 0.05) is 13.6 Å². The lowest BCUT2D eigenvalue weighted by molar-refractivity contribution is -0.125. The highest BCUT2D eigenvalue weighted by molar-refractivity contribution is 5.86. The molecule has 0 spiro atoms. The molecular formula is C12H13NO3.